The Balaban J connectivity index is 3.50. The fourth-order valence-electron chi connectivity index (χ4n) is 1.04. The summed E-state index contributed by atoms with van der Waals surface area (Å²) in [5, 5.41) is 10.4. The fourth-order valence-corrected chi connectivity index (χ4v) is 1.18. The Kier molecular flexibility index (Phi) is 3.35. The maximum atomic E-state index is 12.3. The van der Waals surface area contributed by atoms with Crippen molar-refractivity contribution < 1.29 is 13.7 Å². The number of nitro groups is 1. The standard InChI is InChI=1S/C7H5ClF2N2O3/c8-2-3-1-4(13)5(6(9)10)7(11-3)12(14)15/h1,6H,2H2,(H,11,13). The number of halogens is 3. The average Bonchev–Trinajstić information content (AvgIpc) is 2.15. The van der Waals surface area contributed by atoms with Crippen LogP contribution in [0.4, 0.5) is 14.6 Å². The molecule has 1 rings (SSSR count). The first-order chi connectivity index (χ1) is 6.97. The molecule has 0 unspecified atom stereocenters. The number of hydrogen-bond donors (Lipinski definition) is 1. The summed E-state index contributed by atoms with van der Waals surface area (Å²) in [5.41, 5.74) is -2.21. The van der Waals surface area contributed by atoms with Crippen LogP contribution in [0.5, 0.6) is 0 Å². The van der Waals surface area contributed by atoms with Crippen LogP contribution in [-0.4, -0.2) is 9.91 Å². The van der Waals surface area contributed by atoms with Crippen molar-refractivity contribution in [3.05, 3.63) is 37.7 Å². The monoisotopic (exact) mass is 238 g/mol. The molecule has 5 nitrogen and oxygen atoms in total. The van der Waals surface area contributed by atoms with Crippen molar-refractivity contribution >= 4 is 17.4 Å². The van der Waals surface area contributed by atoms with Crippen molar-refractivity contribution in [1.82, 2.24) is 4.98 Å². The van der Waals surface area contributed by atoms with Crippen LogP contribution < -0.4 is 5.43 Å². The van der Waals surface area contributed by atoms with Crippen molar-refractivity contribution in [2.75, 3.05) is 0 Å². The van der Waals surface area contributed by atoms with Gasteiger partial charge in [0, 0.05) is 6.07 Å². The Hall–Kier alpha value is -1.50. The third kappa shape index (κ3) is 2.30. The minimum Gasteiger partial charge on any atom is -0.358 e. The second kappa shape index (κ2) is 4.35. The first kappa shape index (κ1) is 11.6. The second-order valence-corrected chi connectivity index (χ2v) is 2.88. The van der Waals surface area contributed by atoms with Crippen LogP contribution in [0.1, 0.15) is 17.7 Å². The first-order valence-electron chi connectivity index (χ1n) is 3.72. The highest BCUT2D eigenvalue weighted by molar-refractivity contribution is 6.16. The van der Waals surface area contributed by atoms with Gasteiger partial charge in [-0.1, -0.05) is 0 Å². The van der Waals surface area contributed by atoms with Crippen LogP contribution in [0.2, 0.25) is 0 Å². The predicted molar refractivity (Wildman–Crippen MR) is 48.2 cm³/mol. The molecule has 1 heterocycles. The second-order valence-electron chi connectivity index (χ2n) is 2.61. The molecule has 0 saturated carbocycles. The SMILES string of the molecule is O=c1cc(CCl)[nH]c([N+](=O)[O-])c1C(F)F. The Morgan fingerprint density at radius 2 is 2.20 bits per heavy atom. The van der Waals surface area contributed by atoms with E-state index in [1.807, 2.05) is 0 Å². The molecule has 8 heteroatoms. The highest BCUT2D eigenvalue weighted by atomic mass is 35.5. The Labute approximate surface area is 86.8 Å². The van der Waals surface area contributed by atoms with Crippen molar-refractivity contribution in [3.8, 4) is 0 Å². The molecule has 0 spiro atoms. The van der Waals surface area contributed by atoms with Crippen LogP contribution in [0.25, 0.3) is 0 Å². The highest BCUT2D eigenvalue weighted by Crippen LogP contribution is 2.23. The number of nitrogens with one attached hydrogen (secondary N) is 1. The van der Waals surface area contributed by atoms with Gasteiger partial charge in [-0.05, 0) is 4.92 Å². The number of nitrogens with zero attached hydrogens (tertiary/aromatic N) is 1. The summed E-state index contributed by atoms with van der Waals surface area (Å²) in [4.78, 5) is 22.5. The predicted octanol–water partition coefficient (Wildman–Crippen LogP) is 1.96. The summed E-state index contributed by atoms with van der Waals surface area (Å²) < 4.78 is 24.7. The Morgan fingerprint density at radius 3 is 2.60 bits per heavy atom. The third-order valence-corrected chi connectivity index (χ3v) is 1.94. The van der Waals surface area contributed by atoms with E-state index < -0.39 is 28.2 Å². The Morgan fingerprint density at radius 1 is 1.60 bits per heavy atom. The normalized spacial score (nSPS) is 10.7. The quantitative estimate of drug-likeness (QED) is 0.497. The van der Waals surface area contributed by atoms with Crippen molar-refractivity contribution in [2.24, 2.45) is 0 Å². The zero-order valence-electron chi connectivity index (χ0n) is 7.17. The molecule has 15 heavy (non-hydrogen) atoms. The minimum absolute atomic E-state index is 0.0257. The van der Waals surface area contributed by atoms with Crippen molar-refractivity contribution in [1.29, 1.82) is 0 Å². The third-order valence-electron chi connectivity index (χ3n) is 1.65. The van der Waals surface area contributed by atoms with Crippen LogP contribution in [-0.2, 0) is 5.88 Å². The molecule has 0 amide bonds. The molecule has 0 aliphatic rings. The van der Waals surface area contributed by atoms with Gasteiger partial charge in [0.25, 0.3) is 6.43 Å². The van der Waals surface area contributed by atoms with Gasteiger partial charge in [0.05, 0.1) is 5.88 Å². The van der Waals surface area contributed by atoms with Crippen LogP contribution in [0.3, 0.4) is 0 Å². The van der Waals surface area contributed by atoms with Gasteiger partial charge in [0.1, 0.15) is 5.69 Å². The number of aromatic nitrogens is 1. The topological polar surface area (TPSA) is 76.0 Å². The number of alkyl halides is 3. The van der Waals surface area contributed by atoms with Gasteiger partial charge in [0.15, 0.2) is 11.0 Å². The molecule has 0 fully saturated rings. The van der Waals surface area contributed by atoms with Gasteiger partial charge in [-0.15, -0.1) is 11.6 Å². The zero-order valence-corrected chi connectivity index (χ0v) is 7.92. The number of pyridine rings is 1. The maximum Gasteiger partial charge on any atom is 0.333 e. The molecule has 1 aromatic heterocycles. The van der Waals surface area contributed by atoms with E-state index >= 15 is 0 Å². The van der Waals surface area contributed by atoms with Crippen LogP contribution in [0.15, 0.2) is 10.9 Å². The van der Waals surface area contributed by atoms with E-state index in [-0.39, 0.29) is 11.6 Å². The van der Waals surface area contributed by atoms with E-state index in [9.17, 15) is 23.7 Å². The number of hydrogen-bond acceptors (Lipinski definition) is 3. The summed E-state index contributed by atoms with van der Waals surface area (Å²) in [7, 11) is 0. The summed E-state index contributed by atoms with van der Waals surface area (Å²) in [6.07, 6.45) is -3.20. The lowest BCUT2D eigenvalue weighted by molar-refractivity contribution is -0.391. The molecule has 0 bridgehead atoms. The van der Waals surface area contributed by atoms with Crippen LogP contribution in [0, 0.1) is 10.1 Å². The van der Waals surface area contributed by atoms with E-state index in [2.05, 4.69) is 4.98 Å². The summed E-state index contributed by atoms with van der Waals surface area (Å²) >= 11 is 5.33. The minimum atomic E-state index is -3.20. The Bertz CT molecular complexity index is 446. The molecule has 0 saturated heterocycles. The molecular formula is C7H5ClF2N2O3. The molecule has 1 N–H and O–H groups in total. The van der Waals surface area contributed by atoms with Gasteiger partial charge >= 0.3 is 5.82 Å². The van der Waals surface area contributed by atoms with Gasteiger partial charge in [-0.2, -0.15) is 0 Å². The maximum absolute atomic E-state index is 12.3. The fraction of sp³-hybridized carbons (Fsp3) is 0.286. The first-order valence-corrected chi connectivity index (χ1v) is 4.25. The lowest BCUT2D eigenvalue weighted by Crippen LogP contribution is -2.14. The largest absolute Gasteiger partial charge is 0.358 e. The highest BCUT2D eigenvalue weighted by Gasteiger charge is 2.25. The summed E-state index contributed by atoms with van der Waals surface area (Å²) in [6.45, 7) is 0. The molecule has 0 aliphatic heterocycles. The van der Waals surface area contributed by atoms with E-state index in [1.165, 1.54) is 0 Å². The van der Waals surface area contributed by atoms with Gasteiger partial charge in [-0.25, -0.2) is 13.8 Å². The van der Waals surface area contributed by atoms with E-state index in [4.69, 9.17) is 11.6 Å². The molecule has 1 aromatic rings. The van der Waals surface area contributed by atoms with Crippen LogP contribution >= 0.6 is 11.6 Å². The summed E-state index contributed by atoms with van der Waals surface area (Å²) in [6, 6.07) is 0.821. The zero-order chi connectivity index (χ0) is 11.6. The smallest absolute Gasteiger partial charge is 0.333 e. The van der Waals surface area contributed by atoms with E-state index in [0.29, 0.717) is 0 Å². The molecule has 0 radical (unpaired) electrons. The molecule has 0 aliphatic carbocycles. The van der Waals surface area contributed by atoms with Gasteiger partial charge < -0.3 is 10.1 Å². The molecular weight excluding hydrogens is 234 g/mol. The molecule has 0 aromatic carbocycles. The van der Waals surface area contributed by atoms with Crippen molar-refractivity contribution in [3.63, 3.8) is 0 Å². The van der Waals surface area contributed by atoms with Crippen molar-refractivity contribution in [2.45, 2.75) is 12.3 Å². The number of H-pyrrole nitrogens is 1. The van der Waals surface area contributed by atoms with E-state index in [1.54, 1.807) is 0 Å². The number of aromatic amines is 1. The van der Waals surface area contributed by atoms with E-state index in [0.717, 1.165) is 6.07 Å². The summed E-state index contributed by atoms with van der Waals surface area (Å²) in [5.74, 6) is -1.20. The number of rotatable bonds is 3. The van der Waals surface area contributed by atoms with Gasteiger partial charge in [-0.3, -0.25) is 4.79 Å². The average molecular weight is 239 g/mol. The molecule has 82 valence electrons. The lowest BCUT2D eigenvalue weighted by Gasteiger charge is -2.02. The molecule has 0 atom stereocenters. The lowest BCUT2D eigenvalue weighted by atomic mass is 10.2. The van der Waals surface area contributed by atoms with Gasteiger partial charge in [0.2, 0.25) is 0 Å².